The van der Waals surface area contributed by atoms with Crippen LogP contribution in [0.4, 0.5) is 0 Å². The van der Waals surface area contributed by atoms with Crippen molar-refractivity contribution in [2.24, 2.45) is 11.8 Å². The largest absolute Gasteiger partial charge is 0.480 e. The quantitative estimate of drug-likeness (QED) is 0.276. The Bertz CT molecular complexity index is 1290. The van der Waals surface area contributed by atoms with E-state index < -0.39 is 5.97 Å². The maximum absolute atomic E-state index is 12.6. The third-order valence-electron chi connectivity index (χ3n) is 10.7. The molecule has 1 aliphatic carbocycles. The van der Waals surface area contributed by atoms with E-state index in [4.69, 9.17) is 5.10 Å². The standard InChI is InChI=1S/C37H50N4O2/c1-2-41-35(32(24-38-41)19-18-28-12-6-3-7-13-28)31-20-22-39(23-21-31)25-33-26-40(27-34(33)29-14-8-4-9-15-29)36(37(42)43)30-16-10-5-11-17-30/h3-4,6-9,12-15,24,30-31,33-34,36H,2,5,10-11,16-23,25-27H2,1H3,(H,42,43)/t33-,34?,36+/m0/s1. The first-order valence-electron chi connectivity index (χ1n) is 16.9. The van der Waals surface area contributed by atoms with Crippen LogP contribution < -0.4 is 0 Å². The van der Waals surface area contributed by atoms with Gasteiger partial charge in [0.1, 0.15) is 6.04 Å². The fourth-order valence-corrected chi connectivity index (χ4v) is 8.50. The van der Waals surface area contributed by atoms with Gasteiger partial charge in [0.25, 0.3) is 0 Å². The Labute approximate surface area is 258 Å². The Balaban J connectivity index is 1.12. The number of hydrogen-bond donors (Lipinski definition) is 1. The molecular weight excluding hydrogens is 532 g/mol. The zero-order valence-electron chi connectivity index (χ0n) is 26.0. The molecule has 0 amide bonds. The predicted octanol–water partition coefficient (Wildman–Crippen LogP) is 6.62. The maximum Gasteiger partial charge on any atom is 0.321 e. The molecule has 0 radical (unpaired) electrons. The van der Waals surface area contributed by atoms with Crippen LogP contribution in [0.25, 0.3) is 0 Å². The molecule has 0 spiro atoms. The van der Waals surface area contributed by atoms with E-state index in [1.807, 2.05) is 0 Å². The first-order valence-corrected chi connectivity index (χ1v) is 16.9. The van der Waals surface area contributed by atoms with Crippen molar-refractivity contribution in [1.82, 2.24) is 19.6 Å². The molecule has 2 aliphatic heterocycles. The van der Waals surface area contributed by atoms with Gasteiger partial charge in [-0.3, -0.25) is 14.4 Å². The molecule has 6 heteroatoms. The van der Waals surface area contributed by atoms with Crippen molar-refractivity contribution in [2.45, 2.75) is 89.1 Å². The van der Waals surface area contributed by atoms with Gasteiger partial charge in [0.15, 0.2) is 0 Å². The van der Waals surface area contributed by atoms with Crippen LogP contribution in [0.5, 0.6) is 0 Å². The van der Waals surface area contributed by atoms with Crippen molar-refractivity contribution < 1.29 is 9.90 Å². The first-order chi connectivity index (χ1) is 21.1. The van der Waals surface area contributed by atoms with Gasteiger partial charge in [-0.05, 0) is 87.1 Å². The summed E-state index contributed by atoms with van der Waals surface area (Å²) >= 11 is 0. The molecule has 6 rings (SSSR count). The van der Waals surface area contributed by atoms with Gasteiger partial charge in [-0.25, -0.2) is 0 Å². The summed E-state index contributed by atoms with van der Waals surface area (Å²) in [4.78, 5) is 17.6. The van der Waals surface area contributed by atoms with E-state index in [2.05, 4.69) is 88.3 Å². The molecule has 3 atom stereocenters. The number of hydrogen-bond acceptors (Lipinski definition) is 4. The fourth-order valence-electron chi connectivity index (χ4n) is 8.50. The lowest BCUT2D eigenvalue weighted by molar-refractivity contribution is -0.145. The number of carboxylic acid groups (broad SMARTS) is 1. The summed E-state index contributed by atoms with van der Waals surface area (Å²) in [5.41, 5.74) is 5.64. The van der Waals surface area contributed by atoms with E-state index in [0.29, 0.717) is 17.8 Å². The third kappa shape index (κ3) is 7.07. The second kappa shape index (κ2) is 14.2. The maximum atomic E-state index is 12.6. The number of aryl methyl sites for hydroxylation is 3. The van der Waals surface area contributed by atoms with Gasteiger partial charge < -0.3 is 10.0 Å². The van der Waals surface area contributed by atoms with Gasteiger partial charge in [0.05, 0.1) is 6.20 Å². The second-order valence-electron chi connectivity index (χ2n) is 13.3. The van der Waals surface area contributed by atoms with Crippen LogP contribution >= 0.6 is 0 Å². The number of piperidine rings is 1. The van der Waals surface area contributed by atoms with Crippen molar-refractivity contribution in [1.29, 1.82) is 0 Å². The number of aliphatic carboxylic acids is 1. The molecule has 3 aromatic rings. The van der Waals surface area contributed by atoms with E-state index in [1.54, 1.807) is 0 Å². The van der Waals surface area contributed by atoms with Crippen LogP contribution in [0.3, 0.4) is 0 Å². The lowest BCUT2D eigenvalue weighted by Crippen LogP contribution is -2.46. The summed E-state index contributed by atoms with van der Waals surface area (Å²) in [6, 6.07) is 21.3. The van der Waals surface area contributed by atoms with Crippen molar-refractivity contribution in [3.8, 4) is 0 Å². The Hall–Kier alpha value is -2.96. The fraction of sp³-hybridized carbons (Fsp3) is 0.568. The molecule has 6 nitrogen and oxygen atoms in total. The van der Waals surface area contributed by atoms with E-state index in [1.165, 1.54) is 41.6 Å². The molecule has 1 saturated carbocycles. The average molecular weight is 583 g/mol. The Morgan fingerprint density at radius 1 is 0.907 bits per heavy atom. The van der Waals surface area contributed by atoms with Gasteiger partial charge in [-0.2, -0.15) is 5.10 Å². The highest BCUT2D eigenvalue weighted by molar-refractivity contribution is 5.74. The minimum Gasteiger partial charge on any atom is -0.480 e. The number of nitrogens with zero attached hydrogens (tertiary/aromatic N) is 4. The van der Waals surface area contributed by atoms with Crippen molar-refractivity contribution in [2.75, 3.05) is 32.7 Å². The lowest BCUT2D eigenvalue weighted by Gasteiger charge is -2.36. The molecular formula is C37H50N4O2. The Kier molecular flexibility index (Phi) is 9.95. The van der Waals surface area contributed by atoms with E-state index in [9.17, 15) is 9.90 Å². The van der Waals surface area contributed by atoms with Crippen molar-refractivity contribution >= 4 is 5.97 Å². The normalized spacial score (nSPS) is 23.5. The minimum absolute atomic E-state index is 0.289. The Morgan fingerprint density at radius 3 is 2.28 bits per heavy atom. The van der Waals surface area contributed by atoms with E-state index in [0.717, 1.165) is 77.8 Å². The smallest absolute Gasteiger partial charge is 0.321 e. The Morgan fingerprint density at radius 2 is 1.60 bits per heavy atom. The summed E-state index contributed by atoms with van der Waals surface area (Å²) in [6.45, 7) is 8.12. The second-order valence-corrected chi connectivity index (χ2v) is 13.3. The van der Waals surface area contributed by atoms with E-state index in [-0.39, 0.29) is 12.0 Å². The first kappa shape index (κ1) is 30.1. The lowest BCUT2D eigenvalue weighted by atomic mass is 9.83. The monoisotopic (exact) mass is 582 g/mol. The summed E-state index contributed by atoms with van der Waals surface area (Å²) in [7, 11) is 0. The van der Waals surface area contributed by atoms with Crippen LogP contribution in [-0.2, 0) is 24.2 Å². The van der Waals surface area contributed by atoms with Crippen LogP contribution in [0.15, 0.2) is 66.9 Å². The number of carbonyl (C=O) groups is 1. The molecule has 1 unspecified atom stereocenters. The summed E-state index contributed by atoms with van der Waals surface area (Å²) in [5, 5.41) is 15.2. The number of carboxylic acids is 1. The molecule has 3 heterocycles. The molecule has 230 valence electrons. The average Bonchev–Trinajstić information content (AvgIpc) is 3.66. The highest BCUT2D eigenvalue weighted by atomic mass is 16.4. The van der Waals surface area contributed by atoms with Gasteiger partial charge in [0, 0.05) is 43.7 Å². The zero-order chi connectivity index (χ0) is 29.6. The molecule has 3 fully saturated rings. The molecule has 1 N–H and O–H groups in total. The molecule has 0 bridgehead atoms. The summed E-state index contributed by atoms with van der Waals surface area (Å²) in [5.74, 6) is 1.06. The number of benzene rings is 2. The third-order valence-corrected chi connectivity index (χ3v) is 10.7. The molecule has 1 aromatic heterocycles. The van der Waals surface area contributed by atoms with Crippen molar-refractivity contribution in [3.05, 3.63) is 89.2 Å². The summed E-state index contributed by atoms with van der Waals surface area (Å²) in [6.07, 6.45) is 12.3. The van der Waals surface area contributed by atoms with E-state index >= 15 is 0 Å². The van der Waals surface area contributed by atoms with Gasteiger partial charge >= 0.3 is 5.97 Å². The van der Waals surface area contributed by atoms with Gasteiger partial charge in [-0.15, -0.1) is 0 Å². The summed E-state index contributed by atoms with van der Waals surface area (Å²) < 4.78 is 2.25. The van der Waals surface area contributed by atoms with Gasteiger partial charge in [0.2, 0.25) is 0 Å². The van der Waals surface area contributed by atoms with Crippen LogP contribution in [0.1, 0.15) is 86.1 Å². The minimum atomic E-state index is -0.615. The number of rotatable bonds is 11. The van der Waals surface area contributed by atoms with Crippen molar-refractivity contribution in [3.63, 3.8) is 0 Å². The highest BCUT2D eigenvalue weighted by Crippen LogP contribution is 2.39. The van der Waals surface area contributed by atoms with Crippen LogP contribution in [0.2, 0.25) is 0 Å². The SMILES string of the molecule is CCn1ncc(CCc2ccccc2)c1C1CCN(C[C@H]2CN([C@@H](C(=O)O)C3CCCCC3)CC2c2ccccc2)CC1. The topological polar surface area (TPSA) is 61.6 Å². The molecule has 2 aromatic carbocycles. The zero-order valence-corrected chi connectivity index (χ0v) is 26.0. The van der Waals surface area contributed by atoms with Crippen LogP contribution in [0, 0.1) is 11.8 Å². The highest BCUT2D eigenvalue weighted by Gasteiger charge is 2.43. The van der Waals surface area contributed by atoms with Gasteiger partial charge in [-0.1, -0.05) is 79.9 Å². The number of likely N-dealkylation sites (tertiary alicyclic amines) is 2. The molecule has 2 saturated heterocycles. The molecule has 43 heavy (non-hydrogen) atoms. The van der Waals surface area contributed by atoms with Crippen LogP contribution in [-0.4, -0.2) is 69.4 Å². The molecule has 3 aliphatic rings. The number of aromatic nitrogens is 2. The predicted molar refractivity (Wildman–Crippen MR) is 172 cm³/mol.